The summed E-state index contributed by atoms with van der Waals surface area (Å²) >= 11 is 0. The summed E-state index contributed by atoms with van der Waals surface area (Å²) in [5.74, 6) is 1.50. The van der Waals surface area contributed by atoms with Gasteiger partial charge < -0.3 is 4.90 Å². The minimum atomic E-state index is 0.750. The van der Waals surface area contributed by atoms with Crippen LogP contribution < -0.4 is 4.90 Å². The molecule has 0 saturated carbocycles. The summed E-state index contributed by atoms with van der Waals surface area (Å²) in [7, 11) is 0. The SMILES string of the molecule is CC1CN(c2ccc(-c3cccc4c3Cc3c(-c5ccc6c7ccccc7c7ccccc7c6c5)cccc3-4)cc2)CC1C. The molecule has 1 aliphatic carbocycles. The fourth-order valence-corrected chi connectivity index (χ4v) is 8.04. The van der Waals surface area contributed by atoms with Gasteiger partial charge in [-0.05, 0) is 113 Å². The van der Waals surface area contributed by atoms with E-state index >= 15 is 0 Å². The van der Waals surface area contributed by atoms with Crippen molar-refractivity contribution in [2.75, 3.05) is 18.0 Å². The Hall–Kier alpha value is -4.88. The lowest BCUT2D eigenvalue weighted by atomic mass is 9.90. The lowest BCUT2D eigenvalue weighted by Gasteiger charge is -2.19. The first-order valence-corrected chi connectivity index (χ1v) is 16.1. The normalized spacial score (nSPS) is 17.5. The van der Waals surface area contributed by atoms with Crippen molar-refractivity contribution in [3.8, 4) is 33.4 Å². The van der Waals surface area contributed by atoms with E-state index in [2.05, 4.69) is 146 Å². The molecule has 9 rings (SSSR count). The van der Waals surface area contributed by atoms with E-state index in [0.29, 0.717) is 0 Å². The molecule has 2 aliphatic rings. The van der Waals surface area contributed by atoms with Gasteiger partial charge in [-0.3, -0.25) is 0 Å². The van der Waals surface area contributed by atoms with Crippen molar-refractivity contribution in [3.63, 3.8) is 0 Å². The molecule has 44 heavy (non-hydrogen) atoms. The molecule has 0 N–H and O–H groups in total. The second-order valence-corrected chi connectivity index (χ2v) is 13.1. The molecular formula is C43H35N. The maximum absolute atomic E-state index is 2.55. The van der Waals surface area contributed by atoms with Crippen LogP contribution in [0.15, 0.2) is 127 Å². The Morgan fingerprint density at radius 2 is 0.886 bits per heavy atom. The third-order valence-electron chi connectivity index (χ3n) is 10.6. The molecule has 0 amide bonds. The lowest BCUT2D eigenvalue weighted by Crippen LogP contribution is -2.19. The summed E-state index contributed by atoms with van der Waals surface area (Å²) in [6.07, 6.45) is 0.955. The van der Waals surface area contributed by atoms with Gasteiger partial charge in [-0.15, -0.1) is 0 Å². The molecular weight excluding hydrogens is 530 g/mol. The smallest absolute Gasteiger partial charge is 0.0366 e. The Kier molecular flexibility index (Phi) is 5.72. The van der Waals surface area contributed by atoms with E-state index in [1.54, 1.807) is 0 Å². The second kappa shape index (κ2) is 9.82. The van der Waals surface area contributed by atoms with Crippen LogP contribution in [-0.2, 0) is 6.42 Å². The van der Waals surface area contributed by atoms with Gasteiger partial charge in [0, 0.05) is 18.8 Å². The topological polar surface area (TPSA) is 3.24 Å². The van der Waals surface area contributed by atoms with Gasteiger partial charge in [0.2, 0.25) is 0 Å². The third-order valence-corrected chi connectivity index (χ3v) is 10.6. The van der Waals surface area contributed by atoms with Gasteiger partial charge in [-0.25, -0.2) is 0 Å². The van der Waals surface area contributed by atoms with Gasteiger partial charge in [0.15, 0.2) is 0 Å². The Morgan fingerprint density at radius 1 is 0.432 bits per heavy atom. The van der Waals surface area contributed by atoms with Crippen molar-refractivity contribution in [2.45, 2.75) is 20.3 Å². The summed E-state index contributed by atoms with van der Waals surface area (Å²) in [4.78, 5) is 2.55. The number of benzene rings is 7. The van der Waals surface area contributed by atoms with Gasteiger partial charge >= 0.3 is 0 Å². The number of anilines is 1. The number of rotatable bonds is 3. The highest BCUT2D eigenvalue weighted by molar-refractivity contribution is 6.25. The quantitative estimate of drug-likeness (QED) is 0.193. The number of hydrogen-bond donors (Lipinski definition) is 0. The van der Waals surface area contributed by atoms with Crippen molar-refractivity contribution < 1.29 is 0 Å². The third kappa shape index (κ3) is 3.85. The van der Waals surface area contributed by atoms with Crippen LogP contribution in [0.2, 0.25) is 0 Å². The molecule has 0 bridgehead atoms. The van der Waals surface area contributed by atoms with Crippen LogP contribution in [-0.4, -0.2) is 13.1 Å². The molecule has 0 spiro atoms. The molecule has 0 aromatic heterocycles. The molecule has 212 valence electrons. The van der Waals surface area contributed by atoms with Gasteiger partial charge in [-0.2, -0.15) is 0 Å². The van der Waals surface area contributed by atoms with Crippen LogP contribution in [0.5, 0.6) is 0 Å². The number of hydrogen-bond acceptors (Lipinski definition) is 1. The highest BCUT2D eigenvalue weighted by Gasteiger charge is 2.27. The van der Waals surface area contributed by atoms with E-state index in [9.17, 15) is 0 Å². The van der Waals surface area contributed by atoms with Gasteiger partial charge in [0.05, 0.1) is 0 Å². The van der Waals surface area contributed by atoms with E-state index in [0.717, 1.165) is 31.3 Å². The van der Waals surface area contributed by atoms with Crippen LogP contribution in [0, 0.1) is 11.8 Å². The van der Waals surface area contributed by atoms with E-state index in [-0.39, 0.29) is 0 Å². The Bertz CT molecular complexity index is 2190. The van der Waals surface area contributed by atoms with Crippen molar-refractivity contribution in [2.24, 2.45) is 11.8 Å². The molecule has 2 atom stereocenters. The van der Waals surface area contributed by atoms with Crippen LogP contribution in [0.1, 0.15) is 25.0 Å². The van der Waals surface area contributed by atoms with Crippen LogP contribution in [0.25, 0.3) is 65.7 Å². The highest BCUT2D eigenvalue weighted by atomic mass is 15.2. The maximum Gasteiger partial charge on any atom is 0.0366 e. The molecule has 7 aromatic rings. The molecule has 0 radical (unpaired) electrons. The standard InChI is InChI=1S/C43H35N/c1-27-25-44(26-28(27)2)31-20-17-29(18-21-31)32-13-7-15-38-39-16-8-14-33(43(39)24-42(32)38)30-19-22-40-36-11-4-3-9-34(36)35-10-5-6-12-37(35)41(40)23-30/h3-23,27-28H,24-26H2,1-2H3. The zero-order valence-electron chi connectivity index (χ0n) is 25.3. The predicted octanol–water partition coefficient (Wildman–Crippen LogP) is 11.1. The van der Waals surface area contributed by atoms with E-state index in [4.69, 9.17) is 0 Å². The summed E-state index contributed by atoms with van der Waals surface area (Å²) < 4.78 is 0. The molecule has 2 unspecified atom stereocenters. The first-order chi connectivity index (χ1) is 21.6. The molecule has 1 heterocycles. The molecule has 1 aliphatic heterocycles. The number of nitrogens with zero attached hydrogens (tertiary/aromatic N) is 1. The maximum atomic E-state index is 2.55. The lowest BCUT2D eigenvalue weighted by molar-refractivity contribution is 0.494. The van der Waals surface area contributed by atoms with Crippen molar-refractivity contribution in [1.29, 1.82) is 0 Å². The Balaban J connectivity index is 1.13. The summed E-state index contributed by atoms with van der Waals surface area (Å²) in [6, 6.07) is 47.9. The van der Waals surface area contributed by atoms with E-state index in [1.165, 1.54) is 82.5 Å². The summed E-state index contributed by atoms with van der Waals surface area (Å²) in [5.41, 5.74) is 12.3. The van der Waals surface area contributed by atoms with Gasteiger partial charge in [-0.1, -0.05) is 123 Å². The Labute approximate surface area is 259 Å². The molecule has 1 saturated heterocycles. The van der Waals surface area contributed by atoms with Crippen molar-refractivity contribution in [1.82, 2.24) is 0 Å². The van der Waals surface area contributed by atoms with Gasteiger partial charge in [0.25, 0.3) is 0 Å². The molecule has 1 nitrogen and oxygen atoms in total. The largest absolute Gasteiger partial charge is 0.371 e. The van der Waals surface area contributed by atoms with Crippen LogP contribution in [0.3, 0.4) is 0 Å². The number of fused-ring (bicyclic) bond motifs is 9. The predicted molar refractivity (Wildman–Crippen MR) is 189 cm³/mol. The average Bonchev–Trinajstić information content (AvgIpc) is 3.63. The summed E-state index contributed by atoms with van der Waals surface area (Å²) in [6.45, 7) is 7.06. The highest BCUT2D eigenvalue weighted by Crippen LogP contribution is 2.46. The minimum Gasteiger partial charge on any atom is -0.371 e. The molecule has 1 heteroatoms. The zero-order chi connectivity index (χ0) is 29.4. The van der Waals surface area contributed by atoms with Gasteiger partial charge in [0.1, 0.15) is 0 Å². The van der Waals surface area contributed by atoms with Crippen molar-refractivity contribution in [3.05, 3.63) is 139 Å². The first kappa shape index (κ1) is 25.6. The van der Waals surface area contributed by atoms with E-state index in [1.807, 2.05) is 0 Å². The van der Waals surface area contributed by atoms with E-state index < -0.39 is 0 Å². The van der Waals surface area contributed by atoms with Crippen molar-refractivity contribution >= 4 is 38.0 Å². The Morgan fingerprint density at radius 3 is 1.45 bits per heavy atom. The molecule has 7 aromatic carbocycles. The zero-order valence-corrected chi connectivity index (χ0v) is 25.3. The second-order valence-electron chi connectivity index (χ2n) is 13.1. The monoisotopic (exact) mass is 565 g/mol. The first-order valence-electron chi connectivity index (χ1n) is 16.1. The summed E-state index contributed by atoms with van der Waals surface area (Å²) in [5, 5.41) is 7.94. The fourth-order valence-electron chi connectivity index (χ4n) is 8.04. The average molecular weight is 566 g/mol. The molecule has 1 fully saturated rings. The minimum absolute atomic E-state index is 0.750. The van der Waals surface area contributed by atoms with Crippen LogP contribution >= 0.6 is 0 Å². The van der Waals surface area contributed by atoms with Crippen LogP contribution in [0.4, 0.5) is 5.69 Å². The fraction of sp³-hybridized carbons (Fsp3) is 0.163.